The van der Waals surface area contributed by atoms with Crippen LogP contribution in [0.2, 0.25) is 0 Å². The van der Waals surface area contributed by atoms with Crippen LogP contribution in [-0.4, -0.2) is 34.5 Å². The molecule has 0 spiro atoms. The third-order valence-corrected chi connectivity index (χ3v) is 4.13. The van der Waals surface area contributed by atoms with Gasteiger partial charge in [-0.3, -0.25) is 4.79 Å². The fourth-order valence-corrected chi connectivity index (χ4v) is 3.08. The lowest BCUT2D eigenvalue weighted by Crippen LogP contribution is -2.52. The van der Waals surface area contributed by atoms with Crippen molar-refractivity contribution in [2.24, 2.45) is 5.92 Å². The molecule has 1 amide bonds. The number of rotatable bonds is 2. The van der Waals surface area contributed by atoms with E-state index in [9.17, 15) is 23.5 Å². The molecule has 114 valence electrons. The van der Waals surface area contributed by atoms with Gasteiger partial charge in [0.05, 0.1) is 0 Å². The smallest absolute Gasteiger partial charge is 0.326 e. The van der Waals surface area contributed by atoms with Crippen LogP contribution in [0.5, 0.6) is 0 Å². The highest BCUT2D eigenvalue weighted by atomic mass is 79.9. The van der Waals surface area contributed by atoms with Crippen molar-refractivity contribution in [2.45, 2.75) is 25.8 Å². The summed E-state index contributed by atoms with van der Waals surface area (Å²) in [7, 11) is 0. The van der Waals surface area contributed by atoms with Crippen molar-refractivity contribution in [3.63, 3.8) is 0 Å². The lowest BCUT2D eigenvalue weighted by molar-refractivity contribution is -0.145. The van der Waals surface area contributed by atoms with E-state index in [0.717, 1.165) is 17.0 Å². The Balaban J connectivity index is 2.41. The van der Waals surface area contributed by atoms with E-state index in [-0.39, 0.29) is 16.9 Å². The molecule has 1 fully saturated rings. The minimum Gasteiger partial charge on any atom is -0.480 e. The molecule has 1 aliphatic heterocycles. The van der Waals surface area contributed by atoms with Crippen LogP contribution in [0.4, 0.5) is 8.78 Å². The molecule has 1 aromatic carbocycles. The summed E-state index contributed by atoms with van der Waals surface area (Å²) in [4.78, 5) is 24.8. The highest BCUT2D eigenvalue weighted by Crippen LogP contribution is 2.27. The largest absolute Gasteiger partial charge is 0.480 e. The fraction of sp³-hybridized carbons (Fsp3) is 0.429. The van der Waals surface area contributed by atoms with Crippen molar-refractivity contribution in [3.05, 3.63) is 33.8 Å². The van der Waals surface area contributed by atoms with Crippen LogP contribution in [0.15, 0.2) is 16.6 Å². The van der Waals surface area contributed by atoms with Gasteiger partial charge in [0.15, 0.2) is 0 Å². The van der Waals surface area contributed by atoms with Gasteiger partial charge in [-0.15, -0.1) is 0 Å². The van der Waals surface area contributed by atoms with Crippen LogP contribution in [-0.2, 0) is 4.79 Å². The Morgan fingerprint density at radius 2 is 1.90 bits per heavy atom. The van der Waals surface area contributed by atoms with Crippen LogP contribution in [0, 0.1) is 17.6 Å². The predicted molar refractivity (Wildman–Crippen MR) is 74.9 cm³/mol. The summed E-state index contributed by atoms with van der Waals surface area (Å²) >= 11 is 2.94. The van der Waals surface area contributed by atoms with Crippen LogP contribution in [0.25, 0.3) is 0 Å². The first-order valence-electron chi connectivity index (χ1n) is 6.51. The van der Waals surface area contributed by atoms with Gasteiger partial charge in [-0.25, -0.2) is 13.6 Å². The Hall–Kier alpha value is -1.50. The van der Waals surface area contributed by atoms with Crippen molar-refractivity contribution < 1.29 is 23.5 Å². The third kappa shape index (κ3) is 3.07. The molecule has 1 N–H and O–H groups in total. The van der Waals surface area contributed by atoms with Gasteiger partial charge < -0.3 is 10.0 Å². The van der Waals surface area contributed by atoms with Crippen LogP contribution >= 0.6 is 15.9 Å². The summed E-state index contributed by atoms with van der Waals surface area (Å²) < 4.78 is 27.9. The zero-order valence-corrected chi connectivity index (χ0v) is 12.9. The minimum atomic E-state index is -1.16. The third-order valence-electron chi connectivity index (χ3n) is 3.67. The second kappa shape index (κ2) is 6.09. The van der Waals surface area contributed by atoms with Gasteiger partial charge in [-0.05, 0) is 30.9 Å². The molecule has 2 rings (SSSR count). The minimum absolute atomic E-state index is 0.176. The molecule has 2 unspecified atom stereocenters. The van der Waals surface area contributed by atoms with Gasteiger partial charge in [0, 0.05) is 11.0 Å². The number of hydrogen-bond donors (Lipinski definition) is 1. The van der Waals surface area contributed by atoms with Gasteiger partial charge in [0.25, 0.3) is 5.91 Å². The highest BCUT2D eigenvalue weighted by Gasteiger charge is 2.38. The summed E-state index contributed by atoms with van der Waals surface area (Å²) in [5.74, 6) is -4.35. The highest BCUT2D eigenvalue weighted by molar-refractivity contribution is 9.10. The summed E-state index contributed by atoms with van der Waals surface area (Å²) in [5.41, 5.74) is -0.710. The van der Waals surface area contributed by atoms with E-state index in [1.165, 1.54) is 0 Å². The van der Waals surface area contributed by atoms with Gasteiger partial charge in [-0.2, -0.15) is 0 Å². The van der Waals surface area contributed by atoms with E-state index < -0.39 is 35.1 Å². The van der Waals surface area contributed by atoms with E-state index >= 15 is 0 Å². The van der Waals surface area contributed by atoms with E-state index in [1.54, 1.807) is 6.92 Å². The number of aliphatic carboxylic acids is 1. The first kappa shape index (κ1) is 15.9. The average Bonchev–Trinajstić information content (AvgIpc) is 2.36. The predicted octanol–water partition coefficient (Wildman–Crippen LogP) is 3.05. The van der Waals surface area contributed by atoms with Crippen LogP contribution < -0.4 is 0 Å². The Bertz CT molecular complexity index is 571. The molecule has 1 heterocycles. The monoisotopic (exact) mass is 361 g/mol. The number of hydrogen-bond acceptors (Lipinski definition) is 2. The molecule has 0 saturated carbocycles. The number of carbonyl (C=O) groups is 2. The Morgan fingerprint density at radius 1 is 1.33 bits per heavy atom. The maximum Gasteiger partial charge on any atom is 0.326 e. The molecular weight excluding hydrogens is 348 g/mol. The molecular formula is C14H14BrF2NO3. The van der Waals surface area contributed by atoms with E-state index in [0.29, 0.717) is 12.8 Å². The van der Waals surface area contributed by atoms with Crippen molar-refractivity contribution in [2.75, 3.05) is 6.54 Å². The first-order valence-corrected chi connectivity index (χ1v) is 7.30. The second-order valence-corrected chi connectivity index (χ2v) is 6.06. The number of carboxylic acids is 1. The maximum atomic E-state index is 13.9. The summed E-state index contributed by atoms with van der Waals surface area (Å²) in [6, 6.07) is 0.910. The fourth-order valence-electron chi connectivity index (χ4n) is 2.68. The standard InChI is InChI=1S/C14H14BrF2NO3/c1-7-3-2-4-18(12(7)14(20)21)13(19)11-9(16)5-8(15)6-10(11)17/h5-7,12H,2-4H2,1H3,(H,20,21). The van der Waals surface area contributed by atoms with Crippen molar-refractivity contribution in [1.29, 1.82) is 0 Å². The summed E-state index contributed by atoms with van der Waals surface area (Å²) in [6.45, 7) is 1.89. The number of carbonyl (C=O) groups excluding carboxylic acids is 1. The number of amides is 1. The summed E-state index contributed by atoms with van der Waals surface area (Å²) in [6.07, 6.45) is 1.27. The quantitative estimate of drug-likeness (QED) is 0.880. The van der Waals surface area contributed by atoms with E-state index in [2.05, 4.69) is 15.9 Å². The SMILES string of the molecule is CC1CCCN(C(=O)c2c(F)cc(Br)cc2F)C1C(=O)O. The zero-order chi connectivity index (χ0) is 15.7. The Labute approximate surface area is 128 Å². The molecule has 0 aromatic heterocycles. The normalized spacial score (nSPS) is 22.2. The molecule has 1 saturated heterocycles. The number of benzene rings is 1. The molecule has 0 bridgehead atoms. The van der Waals surface area contributed by atoms with Crippen molar-refractivity contribution in [3.8, 4) is 0 Å². The van der Waals surface area contributed by atoms with Crippen LogP contribution in [0.1, 0.15) is 30.1 Å². The Morgan fingerprint density at radius 3 is 2.43 bits per heavy atom. The van der Waals surface area contributed by atoms with Gasteiger partial charge >= 0.3 is 5.97 Å². The molecule has 21 heavy (non-hydrogen) atoms. The molecule has 1 aliphatic rings. The Kier molecular flexibility index (Phi) is 4.61. The maximum absolute atomic E-state index is 13.9. The van der Waals surface area contributed by atoms with Crippen molar-refractivity contribution in [1.82, 2.24) is 4.90 Å². The number of halogens is 3. The van der Waals surface area contributed by atoms with Crippen LogP contribution in [0.3, 0.4) is 0 Å². The number of nitrogens with zero attached hydrogens (tertiary/aromatic N) is 1. The van der Waals surface area contributed by atoms with Gasteiger partial charge in [0.2, 0.25) is 0 Å². The lowest BCUT2D eigenvalue weighted by atomic mass is 9.90. The molecule has 1 aromatic rings. The van der Waals surface area contributed by atoms with Gasteiger partial charge in [0.1, 0.15) is 23.2 Å². The summed E-state index contributed by atoms with van der Waals surface area (Å²) in [5, 5.41) is 9.27. The molecule has 0 aliphatic carbocycles. The number of carboxylic acid groups (broad SMARTS) is 1. The number of piperidine rings is 1. The molecule has 2 atom stereocenters. The van der Waals surface area contributed by atoms with E-state index in [1.807, 2.05) is 0 Å². The molecule has 4 nitrogen and oxygen atoms in total. The van der Waals surface area contributed by atoms with Crippen molar-refractivity contribution >= 4 is 27.8 Å². The molecule has 0 radical (unpaired) electrons. The topological polar surface area (TPSA) is 57.6 Å². The second-order valence-electron chi connectivity index (χ2n) is 5.15. The van der Waals surface area contributed by atoms with Gasteiger partial charge in [-0.1, -0.05) is 22.9 Å². The average molecular weight is 362 g/mol. The first-order chi connectivity index (χ1) is 9.82. The van der Waals surface area contributed by atoms with E-state index in [4.69, 9.17) is 0 Å². The lowest BCUT2D eigenvalue weighted by Gasteiger charge is -2.37. The number of likely N-dealkylation sites (tertiary alicyclic amines) is 1. The zero-order valence-electron chi connectivity index (χ0n) is 11.3. The molecule has 7 heteroatoms.